The second kappa shape index (κ2) is 5.43. The van der Waals surface area contributed by atoms with E-state index in [1.807, 2.05) is 37.4 Å². The molecular weight excluding hydrogens is 276 g/mol. The molecule has 0 fully saturated rings. The number of nitrogens with two attached hydrogens (primary N) is 1. The van der Waals surface area contributed by atoms with Crippen LogP contribution in [0.15, 0.2) is 47.2 Å². The first-order valence-electron chi connectivity index (χ1n) is 5.58. The van der Waals surface area contributed by atoms with Gasteiger partial charge >= 0.3 is 0 Å². The number of benzene rings is 1. The van der Waals surface area contributed by atoms with Crippen molar-refractivity contribution < 1.29 is 0 Å². The van der Waals surface area contributed by atoms with Crippen molar-refractivity contribution in [1.29, 1.82) is 0 Å². The minimum Gasteiger partial charge on any atom is -0.324 e. The SMILES string of the molecule is Cc1cnccc1C(N)Cc1ccccc1Br. The lowest BCUT2D eigenvalue weighted by Crippen LogP contribution is -2.15. The minimum atomic E-state index is 0.0108. The summed E-state index contributed by atoms with van der Waals surface area (Å²) in [6, 6.07) is 10.2. The zero-order valence-electron chi connectivity index (χ0n) is 9.73. The maximum atomic E-state index is 6.25. The summed E-state index contributed by atoms with van der Waals surface area (Å²) in [6.45, 7) is 2.04. The van der Waals surface area contributed by atoms with E-state index in [9.17, 15) is 0 Å². The molecule has 0 spiro atoms. The van der Waals surface area contributed by atoms with Crippen LogP contribution in [0.1, 0.15) is 22.7 Å². The van der Waals surface area contributed by atoms with E-state index in [-0.39, 0.29) is 6.04 Å². The van der Waals surface area contributed by atoms with Gasteiger partial charge in [0.05, 0.1) is 0 Å². The van der Waals surface area contributed by atoms with Crippen molar-refractivity contribution in [2.45, 2.75) is 19.4 Å². The van der Waals surface area contributed by atoms with Crippen molar-refractivity contribution in [2.24, 2.45) is 5.73 Å². The van der Waals surface area contributed by atoms with E-state index in [4.69, 9.17) is 5.73 Å². The number of halogens is 1. The quantitative estimate of drug-likeness (QED) is 0.941. The molecule has 17 heavy (non-hydrogen) atoms. The molecule has 2 N–H and O–H groups in total. The number of hydrogen-bond donors (Lipinski definition) is 1. The van der Waals surface area contributed by atoms with E-state index in [1.54, 1.807) is 6.20 Å². The Bertz CT molecular complexity index is 511. The summed E-state index contributed by atoms with van der Waals surface area (Å²) in [6.07, 6.45) is 4.48. The van der Waals surface area contributed by atoms with Crippen molar-refractivity contribution in [3.05, 3.63) is 63.9 Å². The molecular formula is C14H15BrN2. The Labute approximate surface area is 110 Å². The molecule has 3 heteroatoms. The minimum absolute atomic E-state index is 0.0108. The van der Waals surface area contributed by atoms with E-state index in [2.05, 4.69) is 27.0 Å². The third-order valence-electron chi connectivity index (χ3n) is 2.86. The van der Waals surface area contributed by atoms with Gasteiger partial charge in [0.15, 0.2) is 0 Å². The maximum Gasteiger partial charge on any atom is 0.0339 e. The molecule has 2 rings (SSSR count). The van der Waals surface area contributed by atoms with E-state index < -0.39 is 0 Å². The van der Waals surface area contributed by atoms with Crippen molar-refractivity contribution in [3.8, 4) is 0 Å². The lowest BCUT2D eigenvalue weighted by molar-refractivity contribution is 0.713. The Morgan fingerprint density at radius 1 is 1.29 bits per heavy atom. The second-order valence-electron chi connectivity index (χ2n) is 4.13. The highest BCUT2D eigenvalue weighted by Crippen LogP contribution is 2.23. The molecule has 0 bridgehead atoms. The second-order valence-corrected chi connectivity index (χ2v) is 4.99. The van der Waals surface area contributed by atoms with Crippen LogP contribution in [0.2, 0.25) is 0 Å². The van der Waals surface area contributed by atoms with Gasteiger partial charge in [0, 0.05) is 22.9 Å². The highest BCUT2D eigenvalue weighted by atomic mass is 79.9. The third-order valence-corrected chi connectivity index (χ3v) is 3.63. The zero-order valence-corrected chi connectivity index (χ0v) is 11.3. The van der Waals surface area contributed by atoms with Crippen LogP contribution in [0.4, 0.5) is 0 Å². The smallest absolute Gasteiger partial charge is 0.0339 e. The van der Waals surface area contributed by atoms with Crippen LogP contribution in [-0.4, -0.2) is 4.98 Å². The number of hydrogen-bond acceptors (Lipinski definition) is 2. The average Bonchev–Trinajstić information content (AvgIpc) is 2.32. The molecule has 1 aromatic heterocycles. The van der Waals surface area contributed by atoms with Gasteiger partial charge in [-0.25, -0.2) is 0 Å². The van der Waals surface area contributed by atoms with Crippen molar-refractivity contribution >= 4 is 15.9 Å². The van der Waals surface area contributed by atoms with Gasteiger partial charge in [0.2, 0.25) is 0 Å². The van der Waals surface area contributed by atoms with Crippen LogP contribution in [-0.2, 0) is 6.42 Å². The molecule has 1 unspecified atom stereocenters. The molecule has 0 aliphatic heterocycles. The predicted molar refractivity (Wildman–Crippen MR) is 73.7 cm³/mol. The van der Waals surface area contributed by atoms with Gasteiger partial charge in [-0.15, -0.1) is 0 Å². The summed E-state index contributed by atoms with van der Waals surface area (Å²) in [5.41, 5.74) is 9.79. The normalized spacial score (nSPS) is 12.4. The Morgan fingerprint density at radius 3 is 2.76 bits per heavy atom. The highest BCUT2D eigenvalue weighted by molar-refractivity contribution is 9.10. The van der Waals surface area contributed by atoms with Gasteiger partial charge in [-0.2, -0.15) is 0 Å². The van der Waals surface area contributed by atoms with E-state index in [0.717, 1.165) is 22.0 Å². The van der Waals surface area contributed by atoms with Crippen LogP contribution >= 0.6 is 15.9 Å². The fraction of sp³-hybridized carbons (Fsp3) is 0.214. The first-order chi connectivity index (χ1) is 8.18. The van der Waals surface area contributed by atoms with E-state index >= 15 is 0 Å². The van der Waals surface area contributed by atoms with Crippen LogP contribution < -0.4 is 5.73 Å². The molecule has 0 aliphatic carbocycles. The Morgan fingerprint density at radius 2 is 2.06 bits per heavy atom. The maximum absolute atomic E-state index is 6.25. The van der Waals surface area contributed by atoms with Gasteiger partial charge in [0.25, 0.3) is 0 Å². The first-order valence-corrected chi connectivity index (χ1v) is 6.37. The molecule has 88 valence electrons. The number of rotatable bonds is 3. The molecule has 1 aromatic carbocycles. The van der Waals surface area contributed by atoms with Crippen molar-refractivity contribution in [3.63, 3.8) is 0 Å². The Balaban J connectivity index is 2.20. The monoisotopic (exact) mass is 290 g/mol. The molecule has 0 saturated heterocycles. The molecule has 2 nitrogen and oxygen atoms in total. The van der Waals surface area contributed by atoms with Crippen LogP contribution in [0.5, 0.6) is 0 Å². The molecule has 0 radical (unpaired) electrons. The summed E-state index contributed by atoms with van der Waals surface area (Å²) in [4.78, 5) is 4.09. The lowest BCUT2D eigenvalue weighted by atomic mass is 9.98. The summed E-state index contributed by atoms with van der Waals surface area (Å²) >= 11 is 3.55. The fourth-order valence-electron chi connectivity index (χ4n) is 1.91. The summed E-state index contributed by atoms with van der Waals surface area (Å²) in [5, 5.41) is 0. The summed E-state index contributed by atoms with van der Waals surface area (Å²) in [5.74, 6) is 0. The lowest BCUT2D eigenvalue weighted by Gasteiger charge is -2.15. The van der Waals surface area contributed by atoms with Gasteiger partial charge in [-0.1, -0.05) is 34.1 Å². The molecule has 0 saturated carbocycles. The van der Waals surface area contributed by atoms with Crippen molar-refractivity contribution in [2.75, 3.05) is 0 Å². The van der Waals surface area contributed by atoms with Gasteiger partial charge in [-0.3, -0.25) is 4.98 Å². The van der Waals surface area contributed by atoms with Crippen LogP contribution in [0.25, 0.3) is 0 Å². The molecule has 1 heterocycles. The highest BCUT2D eigenvalue weighted by Gasteiger charge is 2.11. The molecule has 0 amide bonds. The van der Waals surface area contributed by atoms with Crippen LogP contribution in [0, 0.1) is 6.92 Å². The number of aromatic nitrogens is 1. The average molecular weight is 291 g/mol. The molecule has 0 aliphatic rings. The fourth-order valence-corrected chi connectivity index (χ4v) is 2.36. The van der Waals surface area contributed by atoms with Gasteiger partial charge < -0.3 is 5.73 Å². The standard InChI is InChI=1S/C14H15BrN2/c1-10-9-17-7-6-12(10)14(16)8-11-4-2-3-5-13(11)15/h2-7,9,14H,8,16H2,1H3. The first kappa shape index (κ1) is 12.3. The molecule has 1 atom stereocenters. The third kappa shape index (κ3) is 2.93. The number of pyridine rings is 1. The van der Waals surface area contributed by atoms with E-state index in [1.165, 1.54) is 5.56 Å². The predicted octanol–water partition coefficient (Wildman–Crippen LogP) is 3.40. The Hall–Kier alpha value is -1.19. The summed E-state index contributed by atoms with van der Waals surface area (Å²) < 4.78 is 1.11. The van der Waals surface area contributed by atoms with Crippen LogP contribution in [0.3, 0.4) is 0 Å². The number of aryl methyl sites for hydroxylation is 1. The topological polar surface area (TPSA) is 38.9 Å². The zero-order chi connectivity index (χ0) is 12.3. The van der Waals surface area contributed by atoms with E-state index in [0.29, 0.717) is 0 Å². The van der Waals surface area contributed by atoms with Gasteiger partial charge in [-0.05, 0) is 42.2 Å². The largest absolute Gasteiger partial charge is 0.324 e. The Kier molecular flexibility index (Phi) is 3.92. The summed E-state index contributed by atoms with van der Waals surface area (Å²) in [7, 11) is 0. The number of nitrogens with zero attached hydrogens (tertiary/aromatic N) is 1. The van der Waals surface area contributed by atoms with Crippen molar-refractivity contribution in [1.82, 2.24) is 4.98 Å². The van der Waals surface area contributed by atoms with Gasteiger partial charge in [0.1, 0.15) is 0 Å². The molecule has 2 aromatic rings.